The van der Waals surface area contributed by atoms with E-state index in [9.17, 15) is 19.2 Å². The van der Waals surface area contributed by atoms with Crippen molar-refractivity contribution in [2.45, 2.75) is 78.6 Å². The number of carbonyl (C=O) groups excluding carboxylic acids is 4. The Morgan fingerprint density at radius 3 is 1.48 bits per heavy atom. The highest BCUT2D eigenvalue weighted by molar-refractivity contribution is 6.05. The minimum absolute atomic E-state index is 0.0532. The number of aromatic nitrogens is 4. The maximum Gasteiger partial charge on any atom is 0.276 e. The number of fused-ring (bicyclic) bond motifs is 2. The van der Waals surface area contributed by atoms with Crippen molar-refractivity contribution >= 4 is 35.0 Å². The van der Waals surface area contributed by atoms with Crippen molar-refractivity contribution in [1.82, 2.24) is 40.8 Å². The predicted octanol–water partition coefficient (Wildman–Crippen LogP) is 3.99. The molecule has 0 radical (unpaired) electrons. The number of hydrogen-bond donors (Lipinski definition) is 6. The van der Waals surface area contributed by atoms with Crippen molar-refractivity contribution in [2.75, 3.05) is 36.8 Å². The Kier molecular flexibility index (Phi) is 11.5. The largest absolute Gasteiger partial charge is 0.355 e. The number of hydrogen-bond acceptors (Lipinski definition) is 8. The van der Waals surface area contributed by atoms with E-state index in [1.165, 1.54) is 13.8 Å². The first-order valence-electron chi connectivity index (χ1n) is 18.0. The Morgan fingerprint density at radius 1 is 0.654 bits per heavy atom. The number of benzene rings is 2. The van der Waals surface area contributed by atoms with Gasteiger partial charge in [0.05, 0.1) is 11.4 Å². The molecule has 2 unspecified atom stereocenters. The van der Waals surface area contributed by atoms with Crippen molar-refractivity contribution < 1.29 is 19.2 Å². The lowest BCUT2D eigenvalue weighted by Crippen LogP contribution is -2.34. The van der Waals surface area contributed by atoms with Crippen LogP contribution in [0.15, 0.2) is 48.5 Å². The molecule has 2 atom stereocenters. The third kappa shape index (κ3) is 8.40. The maximum absolute atomic E-state index is 13.5. The lowest BCUT2D eigenvalue weighted by atomic mass is 9.94. The Balaban J connectivity index is 1.13. The fraction of sp³-hybridized carbons (Fsp3) is 0.421. The molecule has 4 amide bonds. The number of aryl methyl sites for hydroxylation is 2. The number of carbonyl (C=O) groups is 4. The summed E-state index contributed by atoms with van der Waals surface area (Å²) in [5.41, 5.74) is 7.63. The van der Waals surface area contributed by atoms with Crippen LogP contribution < -0.4 is 31.9 Å². The van der Waals surface area contributed by atoms with E-state index in [4.69, 9.17) is 0 Å². The summed E-state index contributed by atoms with van der Waals surface area (Å²) in [6, 6.07) is 15.4. The van der Waals surface area contributed by atoms with Gasteiger partial charge in [-0.05, 0) is 86.1 Å². The van der Waals surface area contributed by atoms with E-state index < -0.39 is 0 Å². The summed E-state index contributed by atoms with van der Waals surface area (Å²) >= 11 is 0. The van der Waals surface area contributed by atoms with Gasteiger partial charge in [0.25, 0.3) is 11.8 Å². The molecule has 52 heavy (non-hydrogen) atoms. The van der Waals surface area contributed by atoms with E-state index in [0.29, 0.717) is 48.9 Å². The molecule has 14 heteroatoms. The summed E-state index contributed by atoms with van der Waals surface area (Å²) in [5, 5.41) is 27.9. The molecular formula is C38H48N10O4. The van der Waals surface area contributed by atoms with Crippen LogP contribution in [0.3, 0.4) is 0 Å². The highest BCUT2D eigenvalue weighted by Crippen LogP contribution is 2.35. The topological polar surface area (TPSA) is 176 Å². The SMILES string of the molecule is CC(=O)NCCNC1CCCn2nc(C(=O)Nc3cccc(-c4cccc(NC(=O)c5cc6n(n5)CCCC6NCCNC(C)=O)c4C)c3C)cc21. The zero-order valence-corrected chi connectivity index (χ0v) is 30.3. The number of rotatable bonds is 13. The average Bonchev–Trinajstić information content (AvgIpc) is 3.77. The van der Waals surface area contributed by atoms with Gasteiger partial charge >= 0.3 is 0 Å². The second-order valence-electron chi connectivity index (χ2n) is 13.5. The molecular weight excluding hydrogens is 660 g/mol. The van der Waals surface area contributed by atoms with Gasteiger partial charge in [0.1, 0.15) is 0 Å². The molecule has 2 aromatic heterocycles. The summed E-state index contributed by atoms with van der Waals surface area (Å²) in [6.07, 6.45) is 3.74. The zero-order valence-electron chi connectivity index (χ0n) is 30.3. The number of nitrogens with zero attached hydrogens (tertiary/aromatic N) is 4. The molecule has 0 fully saturated rings. The molecule has 2 aliphatic rings. The third-order valence-electron chi connectivity index (χ3n) is 9.76. The van der Waals surface area contributed by atoms with Gasteiger partial charge in [-0.1, -0.05) is 24.3 Å². The van der Waals surface area contributed by atoms with Gasteiger partial charge in [0.15, 0.2) is 11.4 Å². The van der Waals surface area contributed by atoms with Gasteiger partial charge in [-0.2, -0.15) is 10.2 Å². The van der Waals surface area contributed by atoms with E-state index in [1.807, 2.05) is 71.7 Å². The summed E-state index contributed by atoms with van der Waals surface area (Å²) in [5.74, 6) is -0.699. The van der Waals surface area contributed by atoms with E-state index >= 15 is 0 Å². The number of nitrogens with one attached hydrogen (secondary N) is 6. The van der Waals surface area contributed by atoms with Gasteiger partial charge in [0, 0.05) is 76.6 Å². The van der Waals surface area contributed by atoms with Gasteiger partial charge in [-0.3, -0.25) is 28.5 Å². The molecule has 6 N–H and O–H groups in total. The molecule has 2 aliphatic heterocycles. The summed E-state index contributed by atoms with van der Waals surface area (Å²) in [7, 11) is 0. The second-order valence-corrected chi connectivity index (χ2v) is 13.5. The molecule has 0 saturated carbocycles. The fourth-order valence-corrected chi connectivity index (χ4v) is 7.07. The Labute approximate surface area is 303 Å². The van der Waals surface area contributed by atoms with Gasteiger partial charge in [0.2, 0.25) is 11.8 Å². The van der Waals surface area contributed by atoms with E-state index in [0.717, 1.165) is 72.4 Å². The van der Waals surface area contributed by atoms with Crippen LogP contribution in [0, 0.1) is 13.8 Å². The second kappa shape index (κ2) is 16.3. The molecule has 4 heterocycles. The molecule has 0 spiro atoms. The van der Waals surface area contributed by atoms with Crippen molar-refractivity contribution in [3.05, 3.63) is 82.4 Å². The quantitative estimate of drug-likeness (QED) is 0.113. The minimum Gasteiger partial charge on any atom is -0.355 e. The average molecular weight is 709 g/mol. The zero-order chi connectivity index (χ0) is 36.8. The Hall–Kier alpha value is -5.34. The van der Waals surface area contributed by atoms with Crippen molar-refractivity contribution in [2.24, 2.45) is 0 Å². The van der Waals surface area contributed by atoms with Crippen LogP contribution in [0.2, 0.25) is 0 Å². The summed E-state index contributed by atoms with van der Waals surface area (Å²) in [6.45, 7) is 10.7. The standard InChI is InChI=1S/C38H48N10O4/c1-23-27(9-5-11-29(23)43-37(51)33-21-35-31(13-7-19-47(35)45-33)41-17-15-39-25(3)49)28-10-6-12-30(24(28)2)44-38(52)34-22-36-32(14-8-20-48(36)46-34)42-18-16-40-26(4)50/h5-6,9-12,21-22,31-32,41-42H,7-8,13-20H2,1-4H3,(H,39,49)(H,40,50)(H,43,51)(H,44,52). The van der Waals surface area contributed by atoms with E-state index in [-0.39, 0.29) is 35.7 Å². The molecule has 4 aromatic rings. The Morgan fingerprint density at radius 2 is 1.08 bits per heavy atom. The normalized spacial score (nSPS) is 16.4. The molecule has 2 aromatic carbocycles. The minimum atomic E-state index is -0.287. The lowest BCUT2D eigenvalue weighted by molar-refractivity contribution is -0.119. The summed E-state index contributed by atoms with van der Waals surface area (Å²) < 4.78 is 3.79. The molecule has 6 rings (SSSR count). The van der Waals surface area contributed by atoms with Crippen LogP contribution in [0.25, 0.3) is 11.1 Å². The molecule has 14 nitrogen and oxygen atoms in total. The molecule has 0 bridgehead atoms. The molecule has 0 saturated heterocycles. The van der Waals surface area contributed by atoms with Crippen LogP contribution in [-0.4, -0.2) is 69.4 Å². The van der Waals surface area contributed by atoms with Gasteiger partial charge in [-0.25, -0.2) is 0 Å². The molecule has 0 aliphatic carbocycles. The highest BCUT2D eigenvalue weighted by Gasteiger charge is 2.26. The fourth-order valence-electron chi connectivity index (χ4n) is 7.07. The van der Waals surface area contributed by atoms with Crippen molar-refractivity contribution in [1.29, 1.82) is 0 Å². The third-order valence-corrected chi connectivity index (χ3v) is 9.76. The van der Waals surface area contributed by atoms with Crippen LogP contribution >= 0.6 is 0 Å². The van der Waals surface area contributed by atoms with Crippen LogP contribution in [0.5, 0.6) is 0 Å². The first kappa shape index (κ1) is 36.5. The lowest BCUT2D eigenvalue weighted by Gasteiger charge is -2.24. The molecule has 274 valence electrons. The van der Waals surface area contributed by atoms with Crippen molar-refractivity contribution in [3.8, 4) is 11.1 Å². The van der Waals surface area contributed by atoms with Crippen molar-refractivity contribution in [3.63, 3.8) is 0 Å². The first-order chi connectivity index (χ1) is 25.1. The van der Waals surface area contributed by atoms with Crippen LogP contribution in [0.1, 0.15) is 95.1 Å². The first-order valence-corrected chi connectivity index (χ1v) is 18.0. The number of anilines is 2. The predicted molar refractivity (Wildman–Crippen MR) is 199 cm³/mol. The Bertz CT molecular complexity index is 1820. The van der Waals surface area contributed by atoms with Gasteiger partial charge < -0.3 is 31.9 Å². The monoisotopic (exact) mass is 708 g/mol. The van der Waals surface area contributed by atoms with E-state index in [1.54, 1.807) is 0 Å². The smallest absolute Gasteiger partial charge is 0.276 e. The number of amides is 4. The highest BCUT2D eigenvalue weighted by atomic mass is 16.2. The summed E-state index contributed by atoms with van der Waals surface area (Å²) in [4.78, 5) is 49.5. The van der Waals surface area contributed by atoms with Crippen LogP contribution in [0.4, 0.5) is 11.4 Å². The van der Waals surface area contributed by atoms with Gasteiger partial charge in [-0.15, -0.1) is 0 Å². The van der Waals surface area contributed by atoms with E-state index in [2.05, 4.69) is 42.1 Å². The maximum atomic E-state index is 13.5. The van der Waals surface area contributed by atoms with Crippen LogP contribution in [-0.2, 0) is 22.7 Å².